The summed E-state index contributed by atoms with van der Waals surface area (Å²) in [6.07, 6.45) is 0.0371. The molecule has 0 N–H and O–H groups in total. The van der Waals surface area contributed by atoms with Gasteiger partial charge < -0.3 is 18.9 Å². The van der Waals surface area contributed by atoms with Crippen molar-refractivity contribution in [2.45, 2.75) is 18.3 Å². The highest BCUT2D eigenvalue weighted by Crippen LogP contribution is 2.19. The van der Waals surface area contributed by atoms with E-state index >= 15 is 0 Å². The van der Waals surface area contributed by atoms with Gasteiger partial charge in [0.05, 0.1) is 13.2 Å². The van der Waals surface area contributed by atoms with Crippen LogP contribution >= 0.6 is 0 Å². The first-order valence-corrected chi connectivity index (χ1v) is 3.99. The summed E-state index contributed by atoms with van der Waals surface area (Å²) in [5.74, 6) is 0. The number of ether oxygens (including phenoxy) is 4. The van der Waals surface area contributed by atoms with Crippen LogP contribution in [0.15, 0.2) is 0 Å². The summed E-state index contributed by atoms with van der Waals surface area (Å²) < 4.78 is 20.9. The van der Waals surface area contributed by atoms with Crippen molar-refractivity contribution in [2.24, 2.45) is 0 Å². The first kappa shape index (κ1) is 9.92. The molecular weight excluding hydrogens is 160 g/mol. The minimum Gasteiger partial charge on any atom is -0.382 e. The summed E-state index contributed by atoms with van der Waals surface area (Å²) in [6.45, 7) is 1.14. The summed E-state index contributed by atoms with van der Waals surface area (Å²) in [4.78, 5) is 0. The Balaban J connectivity index is 2.44. The molecule has 3 atom stereocenters. The topological polar surface area (TPSA) is 36.9 Å². The van der Waals surface area contributed by atoms with E-state index in [1.807, 2.05) is 0 Å². The third-order valence-electron chi connectivity index (χ3n) is 2.11. The van der Waals surface area contributed by atoms with E-state index < -0.39 is 0 Å². The summed E-state index contributed by atoms with van der Waals surface area (Å²) in [5, 5.41) is 0. The third kappa shape index (κ3) is 1.95. The van der Waals surface area contributed by atoms with Gasteiger partial charge in [0.15, 0.2) is 0 Å². The number of hydrogen-bond donors (Lipinski definition) is 0. The van der Waals surface area contributed by atoms with E-state index in [0.717, 1.165) is 0 Å². The van der Waals surface area contributed by atoms with Crippen molar-refractivity contribution < 1.29 is 18.9 Å². The Morgan fingerprint density at radius 2 is 2.00 bits per heavy atom. The predicted octanol–water partition coefficient (Wildman–Crippen LogP) is 0.0616. The molecule has 1 saturated heterocycles. The van der Waals surface area contributed by atoms with Gasteiger partial charge in [0.1, 0.15) is 18.3 Å². The Hall–Kier alpha value is -0.160. The Kier molecular flexibility index (Phi) is 3.94. The SMILES string of the molecule is COC[C@H]1OC[C@@H](OC)[C@H]1OC. The molecule has 4 nitrogen and oxygen atoms in total. The molecule has 0 bridgehead atoms. The van der Waals surface area contributed by atoms with Crippen LogP contribution in [-0.4, -0.2) is 52.9 Å². The van der Waals surface area contributed by atoms with Gasteiger partial charge in [0.2, 0.25) is 0 Å². The Labute approximate surface area is 72.7 Å². The molecule has 1 fully saturated rings. The molecule has 0 saturated carbocycles. The van der Waals surface area contributed by atoms with Crippen LogP contribution in [0.4, 0.5) is 0 Å². The maximum Gasteiger partial charge on any atom is 0.114 e. The van der Waals surface area contributed by atoms with Crippen LogP contribution in [0.3, 0.4) is 0 Å². The van der Waals surface area contributed by atoms with Gasteiger partial charge in [0.25, 0.3) is 0 Å². The minimum atomic E-state index is -0.00468. The Morgan fingerprint density at radius 3 is 2.50 bits per heavy atom. The van der Waals surface area contributed by atoms with Crippen molar-refractivity contribution in [1.82, 2.24) is 0 Å². The van der Waals surface area contributed by atoms with E-state index in [4.69, 9.17) is 18.9 Å². The summed E-state index contributed by atoms with van der Waals surface area (Å²) in [6, 6.07) is 0. The standard InChI is InChI=1S/C8H16O4/c1-9-4-7-8(11-3)6(10-2)5-12-7/h6-8H,4-5H2,1-3H3/t6-,7-,8-/m1/s1. The molecule has 1 rings (SSSR count). The lowest BCUT2D eigenvalue weighted by atomic mass is 10.1. The molecule has 0 aromatic carbocycles. The van der Waals surface area contributed by atoms with Crippen molar-refractivity contribution in [1.29, 1.82) is 0 Å². The molecule has 0 aliphatic carbocycles. The largest absolute Gasteiger partial charge is 0.382 e. The fourth-order valence-electron chi connectivity index (χ4n) is 1.46. The first-order chi connectivity index (χ1) is 5.83. The van der Waals surface area contributed by atoms with Crippen LogP contribution in [0.25, 0.3) is 0 Å². The quantitative estimate of drug-likeness (QED) is 0.607. The maximum atomic E-state index is 5.43. The van der Waals surface area contributed by atoms with E-state index in [1.54, 1.807) is 21.3 Å². The lowest BCUT2D eigenvalue weighted by Crippen LogP contribution is -2.35. The van der Waals surface area contributed by atoms with E-state index in [2.05, 4.69) is 0 Å². The second kappa shape index (κ2) is 4.77. The zero-order valence-electron chi connectivity index (χ0n) is 7.78. The van der Waals surface area contributed by atoms with E-state index in [1.165, 1.54) is 0 Å². The lowest BCUT2D eigenvalue weighted by Gasteiger charge is -2.19. The molecular formula is C8H16O4. The van der Waals surface area contributed by atoms with E-state index in [0.29, 0.717) is 13.2 Å². The van der Waals surface area contributed by atoms with E-state index in [-0.39, 0.29) is 18.3 Å². The highest BCUT2D eigenvalue weighted by Gasteiger charge is 2.37. The van der Waals surface area contributed by atoms with Crippen LogP contribution in [0.1, 0.15) is 0 Å². The zero-order chi connectivity index (χ0) is 8.97. The molecule has 12 heavy (non-hydrogen) atoms. The van der Waals surface area contributed by atoms with Gasteiger partial charge in [-0.25, -0.2) is 0 Å². The van der Waals surface area contributed by atoms with Crippen molar-refractivity contribution in [2.75, 3.05) is 34.5 Å². The molecule has 0 amide bonds. The van der Waals surface area contributed by atoms with Gasteiger partial charge in [-0.05, 0) is 0 Å². The van der Waals surface area contributed by atoms with Crippen molar-refractivity contribution in [3.8, 4) is 0 Å². The predicted molar refractivity (Wildman–Crippen MR) is 43.2 cm³/mol. The molecule has 0 spiro atoms. The monoisotopic (exact) mass is 176 g/mol. The van der Waals surface area contributed by atoms with Crippen LogP contribution in [0.2, 0.25) is 0 Å². The van der Waals surface area contributed by atoms with Crippen molar-refractivity contribution in [3.05, 3.63) is 0 Å². The second-order valence-corrected chi connectivity index (χ2v) is 2.80. The van der Waals surface area contributed by atoms with Crippen molar-refractivity contribution >= 4 is 0 Å². The van der Waals surface area contributed by atoms with Gasteiger partial charge in [-0.2, -0.15) is 0 Å². The smallest absolute Gasteiger partial charge is 0.114 e. The first-order valence-electron chi connectivity index (χ1n) is 3.99. The van der Waals surface area contributed by atoms with Crippen LogP contribution < -0.4 is 0 Å². The van der Waals surface area contributed by atoms with Crippen LogP contribution in [-0.2, 0) is 18.9 Å². The van der Waals surface area contributed by atoms with Crippen LogP contribution in [0.5, 0.6) is 0 Å². The van der Waals surface area contributed by atoms with Gasteiger partial charge in [0, 0.05) is 21.3 Å². The molecule has 1 heterocycles. The molecule has 72 valence electrons. The molecule has 0 unspecified atom stereocenters. The average molecular weight is 176 g/mol. The fourth-order valence-corrected chi connectivity index (χ4v) is 1.46. The molecule has 0 radical (unpaired) electrons. The highest BCUT2D eigenvalue weighted by molar-refractivity contribution is 4.85. The number of hydrogen-bond acceptors (Lipinski definition) is 4. The highest BCUT2D eigenvalue weighted by atomic mass is 16.6. The molecule has 0 aromatic heterocycles. The molecule has 0 aromatic rings. The fraction of sp³-hybridized carbons (Fsp3) is 1.00. The van der Waals surface area contributed by atoms with Gasteiger partial charge in [-0.3, -0.25) is 0 Å². The summed E-state index contributed by atoms with van der Waals surface area (Å²) in [7, 11) is 4.97. The van der Waals surface area contributed by atoms with Crippen LogP contribution in [0, 0.1) is 0 Å². The second-order valence-electron chi connectivity index (χ2n) is 2.80. The Bertz CT molecular complexity index is 128. The normalized spacial score (nSPS) is 35.8. The number of methoxy groups -OCH3 is 3. The van der Waals surface area contributed by atoms with E-state index in [9.17, 15) is 0 Å². The molecule has 4 heteroatoms. The maximum absolute atomic E-state index is 5.43. The molecule has 1 aliphatic rings. The number of rotatable bonds is 4. The minimum absolute atomic E-state index is 0.00458. The zero-order valence-corrected chi connectivity index (χ0v) is 7.78. The van der Waals surface area contributed by atoms with Gasteiger partial charge in [-0.1, -0.05) is 0 Å². The average Bonchev–Trinajstić information content (AvgIpc) is 2.47. The summed E-state index contributed by atoms with van der Waals surface area (Å²) in [5.41, 5.74) is 0. The third-order valence-corrected chi connectivity index (χ3v) is 2.11. The van der Waals surface area contributed by atoms with Gasteiger partial charge >= 0.3 is 0 Å². The lowest BCUT2D eigenvalue weighted by molar-refractivity contribution is -0.0461. The summed E-state index contributed by atoms with van der Waals surface area (Å²) >= 11 is 0. The van der Waals surface area contributed by atoms with Crippen molar-refractivity contribution in [3.63, 3.8) is 0 Å². The molecule has 1 aliphatic heterocycles. The Morgan fingerprint density at radius 1 is 1.25 bits per heavy atom. The van der Waals surface area contributed by atoms with Gasteiger partial charge in [-0.15, -0.1) is 0 Å².